The Bertz CT molecular complexity index is 798. The second-order valence-corrected chi connectivity index (χ2v) is 7.39. The van der Waals surface area contributed by atoms with Gasteiger partial charge in [-0.15, -0.1) is 0 Å². The average Bonchev–Trinajstić information content (AvgIpc) is 3.07. The molecular weight excluding hydrogens is 378 g/mol. The standard InChI is InChI=1S/C21H24ClN3O3/c1-24(10-3-11-28-19-7-5-18(22)6-8-19)21(27)17-12-20(26)25(15-17)14-16-4-2-9-23-13-16/h2,4-9,13,17H,3,10-12,14-15H2,1H3. The molecule has 1 aliphatic rings. The van der Waals surface area contributed by atoms with E-state index in [1.54, 1.807) is 41.4 Å². The first-order valence-electron chi connectivity index (χ1n) is 9.33. The number of rotatable bonds is 8. The van der Waals surface area contributed by atoms with Gasteiger partial charge in [-0.1, -0.05) is 17.7 Å². The van der Waals surface area contributed by atoms with E-state index in [1.807, 2.05) is 24.3 Å². The maximum Gasteiger partial charge on any atom is 0.227 e. The van der Waals surface area contributed by atoms with Gasteiger partial charge in [-0.3, -0.25) is 14.6 Å². The monoisotopic (exact) mass is 401 g/mol. The smallest absolute Gasteiger partial charge is 0.227 e. The first kappa shape index (κ1) is 20.1. The predicted octanol–water partition coefficient (Wildman–Crippen LogP) is 3.01. The molecule has 0 radical (unpaired) electrons. The maximum atomic E-state index is 12.7. The summed E-state index contributed by atoms with van der Waals surface area (Å²) in [6.45, 7) is 2.04. The fourth-order valence-electron chi connectivity index (χ4n) is 3.25. The van der Waals surface area contributed by atoms with Crippen molar-refractivity contribution < 1.29 is 14.3 Å². The van der Waals surface area contributed by atoms with Crippen LogP contribution in [0.25, 0.3) is 0 Å². The van der Waals surface area contributed by atoms with Crippen molar-refractivity contribution >= 4 is 23.4 Å². The van der Waals surface area contributed by atoms with Gasteiger partial charge < -0.3 is 14.5 Å². The minimum Gasteiger partial charge on any atom is -0.494 e. The minimum absolute atomic E-state index is 0.00790. The lowest BCUT2D eigenvalue weighted by Crippen LogP contribution is -2.35. The van der Waals surface area contributed by atoms with Gasteiger partial charge in [0.25, 0.3) is 0 Å². The molecule has 0 aliphatic carbocycles. The third-order valence-corrected chi connectivity index (χ3v) is 5.01. The number of benzene rings is 1. The highest BCUT2D eigenvalue weighted by Gasteiger charge is 2.35. The number of nitrogens with zero attached hydrogens (tertiary/aromatic N) is 3. The number of halogens is 1. The van der Waals surface area contributed by atoms with E-state index >= 15 is 0 Å². The zero-order valence-electron chi connectivity index (χ0n) is 15.9. The van der Waals surface area contributed by atoms with Crippen LogP contribution in [0.15, 0.2) is 48.8 Å². The van der Waals surface area contributed by atoms with Crippen molar-refractivity contribution in [2.45, 2.75) is 19.4 Å². The second kappa shape index (κ2) is 9.55. The highest BCUT2D eigenvalue weighted by molar-refractivity contribution is 6.30. The molecule has 1 saturated heterocycles. The summed E-state index contributed by atoms with van der Waals surface area (Å²) in [6, 6.07) is 11.0. The summed E-state index contributed by atoms with van der Waals surface area (Å²) in [4.78, 5) is 32.4. The van der Waals surface area contributed by atoms with Gasteiger partial charge in [0.2, 0.25) is 11.8 Å². The highest BCUT2D eigenvalue weighted by Crippen LogP contribution is 2.22. The molecule has 3 rings (SSSR count). The molecule has 6 nitrogen and oxygen atoms in total. The summed E-state index contributed by atoms with van der Waals surface area (Å²) in [5.41, 5.74) is 0.969. The number of hydrogen-bond donors (Lipinski definition) is 0. The lowest BCUT2D eigenvalue weighted by atomic mass is 10.1. The van der Waals surface area contributed by atoms with Gasteiger partial charge in [0, 0.05) is 50.5 Å². The van der Waals surface area contributed by atoms with Crippen LogP contribution in [0.2, 0.25) is 5.02 Å². The van der Waals surface area contributed by atoms with Crippen molar-refractivity contribution in [3.8, 4) is 5.75 Å². The first-order chi connectivity index (χ1) is 13.5. The first-order valence-corrected chi connectivity index (χ1v) is 9.71. The Morgan fingerprint density at radius 2 is 2.11 bits per heavy atom. The average molecular weight is 402 g/mol. The number of ether oxygens (including phenoxy) is 1. The van der Waals surface area contributed by atoms with E-state index in [-0.39, 0.29) is 24.2 Å². The third-order valence-electron chi connectivity index (χ3n) is 4.76. The van der Waals surface area contributed by atoms with Crippen molar-refractivity contribution in [2.75, 3.05) is 26.7 Å². The van der Waals surface area contributed by atoms with Gasteiger partial charge in [-0.25, -0.2) is 0 Å². The van der Waals surface area contributed by atoms with Gasteiger partial charge in [0.1, 0.15) is 5.75 Å². The van der Waals surface area contributed by atoms with Crippen LogP contribution in [0, 0.1) is 5.92 Å². The number of carbonyl (C=O) groups is 2. The lowest BCUT2D eigenvalue weighted by Gasteiger charge is -2.21. The van der Waals surface area contributed by atoms with Crippen LogP contribution in [-0.2, 0) is 16.1 Å². The zero-order valence-corrected chi connectivity index (χ0v) is 16.6. The molecule has 0 N–H and O–H groups in total. The molecule has 2 heterocycles. The van der Waals surface area contributed by atoms with Crippen LogP contribution in [0.1, 0.15) is 18.4 Å². The Morgan fingerprint density at radius 3 is 2.82 bits per heavy atom. The minimum atomic E-state index is -0.286. The summed E-state index contributed by atoms with van der Waals surface area (Å²) in [5.74, 6) is 0.493. The van der Waals surface area contributed by atoms with Crippen molar-refractivity contribution in [1.29, 1.82) is 0 Å². The summed E-state index contributed by atoms with van der Waals surface area (Å²) in [5, 5.41) is 0.668. The van der Waals surface area contributed by atoms with Crippen molar-refractivity contribution in [3.63, 3.8) is 0 Å². The van der Waals surface area contributed by atoms with Crippen molar-refractivity contribution in [2.24, 2.45) is 5.92 Å². The van der Waals surface area contributed by atoms with Crippen LogP contribution in [0.5, 0.6) is 5.75 Å². The lowest BCUT2D eigenvalue weighted by molar-refractivity contribution is -0.134. The van der Waals surface area contributed by atoms with Gasteiger partial charge in [-0.05, 0) is 42.3 Å². The van der Waals surface area contributed by atoms with E-state index < -0.39 is 0 Å². The maximum absolute atomic E-state index is 12.7. The molecule has 1 fully saturated rings. The molecule has 0 saturated carbocycles. The Hall–Kier alpha value is -2.60. The highest BCUT2D eigenvalue weighted by atomic mass is 35.5. The van der Waals surface area contributed by atoms with Gasteiger partial charge in [0.15, 0.2) is 0 Å². The van der Waals surface area contributed by atoms with Crippen LogP contribution < -0.4 is 4.74 Å². The molecule has 1 aromatic heterocycles. The quantitative estimate of drug-likeness (QED) is 0.638. The van der Waals surface area contributed by atoms with E-state index in [0.717, 1.165) is 11.3 Å². The number of aromatic nitrogens is 1. The zero-order chi connectivity index (χ0) is 19.9. The third kappa shape index (κ3) is 5.45. The van der Waals surface area contributed by atoms with Crippen molar-refractivity contribution in [1.82, 2.24) is 14.8 Å². The number of pyridine rings is 1. The van der Waals surface area contributed by atoms with Crippen LogP contribution in [0.4, 0.5) is 0 Å². The van der Waals surface area contributed by atoms with E-state index in [9.17, 15) is 9.59 Å². The molecule has 1 unspecified atom stereocenters. The Morgan fingerprint density at radius 1 is 1.32 bits per heavy atom. The van der Waals surface area contributed by atoms with Gasteiger partial charge in [-0.2, -0.15) is 0 Å². The summed E-state index contributed by atoms with van der Waals surface area (Å²) in [7, 11) is 1.78. The predicted molar refractivity (Wildman–Crippen MR) is 107 cm³/mol. The Labute approximate surface area is 170 Å². The fraction of sp³-hybridized carbons (Fsp3) is 0.381. The second-order valence-electron chi connectivity index (χ2n) is 6.95. The Kier molecular flexibility index (Phi) is 6.87. The topological polar surface area (TPSA) is 62.7 Å². The summed E-state index contributed by atoms with van der Waals surface area (Å²) >= 11 is 5.85. The summed E-state index contributed by atoms with van der Waals surface area (Å²) < 4.78 is 5.65. The van der Waals surface area contributed by atoms with E-state index in [1.165, 1.54) is 0 Å². The molecule has 0 spiro atoms. The molecule has 0 bridgehead atoms. The largest absolute Gasteiger partial charge is 0.494 e. The van der Waals surface area contributed by atoms with Crippen LogP contribution >= 0.6 is 11.6 Å². The molecule has 2 amide bonds. The van der Waals surface area contributed by atoms with Gasteiger partial charge in [0.05, 0.1) is 12.5 Å². The fourth-order valence-corrected chi connectivity index (χ4v) is 3.37. The molecular formula is C21H24ClN3O3. The normalized spacial score (nSPS) is 16.3. The molecule has 7 heteroatoms. The number of hydrogen-bond acceptors (Lipinski definition) is 4. The molecule has 28 heavy (non-hydrogen) atoms. The Balaban J connectivity index is 1.41. The molecule has 148 valence electrons. The van der Waals surface area contributed by atoms with Crippen LogP contribution in [0.3, 0.4) is 0 Å². The van der Waals surface area contributed by atoms with Gasteiger partial charge >= 0.3 is 0 Å². The van der Waals surface area contributed by atoms with Crippen molar-refractivity contribution in [3.05, 3.63) is 59.4 Å². The van der Waals surface area contributed by atoms with Crippen LogP contribution in [-0.4, -0.2) is 53.3 Å². The molecule has 1 aliphatic heterocycles. The molecule has 1 aromatic carbocycles. The number of amides is 2. The SMILES string of the molecule is CN(CCCOc1ccc(Cl)cc1)C(=O)C1CC(=O)N(Cc2cccnc2)C1. The van der Waals surface area contributed by atoms with E-state index in [4.69, 9.17) is 16.3 Å². The molecule has 1 atom stereocenters. The number of carbonyl (C=O) groups excluding carboxylic acids is 2. The molecule has 2 aromatic rings. The summed E-state index contributed by atoms with van der Waals surface area (Å²) in [6.07, 6.45) is 4.43. The van der Waals surface area contributed by atoms with E-state index in [0.29, 0.717) is 37.7 Å². The van der Waals surface area contributed by atoms with E-state index in [2.05, 4.69) is 4.98 Å². The number of likely N-dealkylation sites (tertiary alicyclic amines) is 1.